The Balaban J connectivity index is 1.60. The van der Waals surface area contributed by atoms with Gasteiger partial charge in [-0.1, -0.05) is 37.3 Å². The Kier molecular flexibility index (Phi) is 7.07. The van der Waals surface area contributed by atoms with Gasteiger partial charge in [-0.25, -0.2) is 0 Å². The highest BCUT2D eigenvalue weighted by atomic mass is 16.2. The second-order valence-corrected chi connectivity index (χ2v) is 7.46. The lowest BCUT2D eigenvalue weighted by Crippen LogP contribution is -2.25. The van der Waals surface area contributed by atoms with Crippen molar-refractivity contribution in [3.05, 3.63) is 83.3 Å². The number of amides is 1. The van der Waals surface area contributed by atoms with Crippen LogP contribution in [-0.2, 0) is 17.8 Å². The van der Waals surface area contributed by atoms with Crippen LogP contribution in [-0.4, -0.2) is 33.6 Å². The summed E-state index contributed by atoms with van der Waals surface area (Å²) in [7, 11) is 1.81. The number of nitrogens with zero attached hydrogens (tertiary/aromatic N) is 3. The van der Waals surface area contributed by atoms with Gasteiger partial charge in [-0.15, -0.1) is 0 Å². The van der Waals surface area contributed by atoms with Gasteiger partial charge >= 0.3 is 0 Å². The van der Waals surface area contributed by atoms with Gasteiger partial charge in [-0.05, 0) is 42.7 Å². The summed E-state index contributed by atoms with van der Waals surface area (Å²) in [5.74, 6) is 0.202. The smallest absolute Gasteiger partial charge is 0.222 e. The van der Waals surface area contributed by atoms with Gasteiger partial charge in [0.25, 0.3) is 0 Å². The van der Waals surface area contributed by atoms with E-state index in [1.807, 2.05) is 75.6 Å². The van der Waals surface area contributed by atoms with Crippen LogP contribution in [0.5, 0.6) is 0 Å². The van der Waals surface area contributed by atoms with Crippen molar-refractivity contribution in [3.63, 3.8) is 0 Å². The Morgan fingerprint density at radius 2 is 1.63 bits per heavy atom. The topological polar surface area (TPSA) is 63.2 Å². The Morgan fingerprint density at radius 1 is 0.900 bits per heavy atom. The number of pyridine rings is 2. The van der Waals surface area contributed by atoms with Gasteiger partial charge in [0.05, 0.1) is 5.69 Å². The molecular formula is C25H27N3O2. The lowest BCUT2D eigenvalue weighted by atomic mass is 10.0. The van der Waals surface area contributed by atoms with Gasteiger partial charge in [-0.3, -0.25) is 19.6 Å². The first-order chi connectivity index (χ1) is 14.5. The number of Topliss-reactive ketones (excluding diaryl/α,β-unsaturated/α-hetero) is 1. The summed E-state index contributed by atoms with van der Waals surface area (Å²) in [4.78, 5) is 34.6. The van der Waals surface area contributed by atoms with Crippen molar-refractivity contribution in [1.82, 2.24) is 14.9 Å². The highest BCUT2D eigenvalue weighted by Gasteiger charge is 2.09. The van der Waals surface area contributed by atoms with Crippen LogP contribution in [0.15, 0.2) is 60.9 Å². The van der Waals surface area contributed by atoms with E-state index in [0.717, 1.165) is 28.1 Å². The van der Waals surface area contributed by atoms with E-state index in [9.17, 15) is 9.59 Å². The van der Waals surface area contributed by atoms with Crippen molar-refractivity contribution < 1.29 is 9.59 Å². The molecule has 154 valence electrons. The van der Waals surface area contributed by atoms with Gasteiger partial charge in [-0.2, -0.15) is 0 Å². The van der Waals surface area contributed by atoms with Crippen LogP contribution in [0.4, 0.5) is 0 Å². The predicted octanol–water partition coefficient (Wildman–Crippen LogP) is 4.64. The molecule has 0 N–H and O–H groups in total. The molecule has 0 radical (unpaired) electrons. The van der Waals surface area contributed by atoms with Crippen LogP contribution >= 0.6 is 0 Å². The second-order valence-electron chi connectivity index (χ2n) is 7.46. The highest BCUT2D eigenvalue weighted by Crippen LogP contribution is 2.19. The van der Waals surface area contributed by atoms with Crippen LogP contribution in [0.25, 0.3) is 11.3 Å². The number of ketones is 1. The largest absolute Gasteiger partial charge is 0.341 e. The van der Waals surface area contributed by atoms with E-state index in [1.165, 1.54) is 0 Å². The Bertz CT molecular complexity index is 994. The fraction of sp³-hybridized carbons (Fsp3) is 0.280. The van der Waals surface area contributed by atoms with E-state index in [1.54, 1.807) is 11.1 Å². The van der Waals surface area contributed by atoms with Gasteiger partial charge in [0.2, 0.25) is 5.91 Å². The van der Waals surface area contributed by atoms with Gasteiger partial charge < -0.3 is 4.90 Å². The number of aromatic nitrogens is 2. The third-order valence-electron chi connectivity index (χ3n) is 5.10. The molecule has 0 aliphatic rings. The molecular weight excluding hydrogens is 374 g/mol. The zero-order valence-corrected chi connectivity index (χ0v) is 17.8. The number of aryl methyl sites for hydroxylation is 2. The minimum Gasteiger partial charge on any atom is -0.341 e. The minimum absolute atomic E-state index is 0.0774. The standard InChI is InChI=1S/C25H27N3O2/c1-4-25(30)28(3)17-20-7-10-21(11-8-20)23-13-12-22(16-27-23)24(29)14-9-19-6-5-18(2)26-15-19/h5-8,10-13,15-16H,4,9,14,17H2,1-3H3. The van der Waals surface area contributed by atoms with Crippen LogP contribution in [0, 0.1) is 6.92 Å². The first-order valence-corrected chi connectivity index (χ1v) is 10.2. The molecule has 1 amide bonds. The molecule has 3 aromatic rings. The number of hydrogen-bond donors (Lipinski definition) is 0. The molecule has 0 unspecified atom stereocenters. The number of carbonyl (C=O) groups excluding carboxylic acids is 2. The highest BCUT2D eigenvalue weighted by molar-refractivity contribution is 5.96. The van der Waals surface area contributed by atoms with Crippen molar-refractivity contribution in [3.8, 4) is 11.3 Å². The lowest BCUT2D eigenvalue weighted by molar-refractivity contribution is -0.130. The maximum Gasteiger partial charge on any atom is 0.222 e. The van der Waals surface area contributed by atoms with Gasteiger partial charge in [0, 0.05) is 55.6 Å². The SMILES string of the molecule is CCC(=O)N(C)Cc1ccc(-c2ccc(C(=O)CCc3ccc(C)nc3)cn2)cc1. The predicted molar refractivity (Wildman–Crippen MR) is 118 cm³/mol. The van der Waals surface area contributed by atoms with Crippen LogP contribution in [0.1, 0.15) is 46.9 Å². The summed E-state index contributed by atoms with van der Waals surface area (Å²) >= 11 is 0. The number of benzene rings is 1. The summed E-state index contributed by atoms with van der Waals surface area (Å²) in [6, 6.07) is 15.7. The Morgan fingerprint density at radius 3 is 2.23 bits per heavy atom. The maximum absolute atomic E-state index is 12.5. The van der Waals surface area contributed by atoms with E-state index >= 15 is 0 Å². The molecule has 0 fully saturated rings. The van der Waals surface area contributed by atoms with E-state index in [4.69, 9.17) is 0 Å². The van der Waals surface area contributed by atoms with Crippen LogP contribution in [0.2, 0.25) is 0 Å². The van der Waals surface area contributed by atoms with Crippen LogP contribution < -0.4 is 0 Å². The summed E-state index contributed by atoms with van der Waals surface area (Å²) in [5.41, 5.74) is 5.52. The first kappa shape index (κ1) is 21.4. The van der Waals surface area contributed by atoms with Crippen molar-refractivity contribution in [2.24, 2.45) is 0 Å². The number of rotatable bonds is 8. The molecule has 0 bridgehead atoms. The quantitative estimate of drug-likeness (QED) is 0.516. The van der Waals surface area contributed by atoms with E-state index in [2.05, 4.69) is 9.97 Å². The molecule has 0 atom stereocenters. The van der Waals surface area contributed by atoms with Gasteiger partial charge in [0.15, 0.2) is 5.78 Å². The molecule has 0 aliphatic carbocycles. The van der Waals surface area contributed by atoms with Crippen molar-refractivity contribution >= 4 is 11.7 Å². The molecule has 0 saturated carbocycles. The van der Waals surface area contributed by atoms with E-state index in [-0.39, 0.29) is 11.7 Å². The van der Waals surface area contributed by atoms with E-state index < -0.39 is 0 Å². The molecule has 30 heavy (non-hydrogen) atoms. The fourth-order valence-corrected chi connectivity index (χ4v) is 3.19. The van der Waals surface area contributed by atoms with E-state index in [0.29, 0.717) is 31.4 Å². The lowest BCUT2D eigenvalue weighted by Gasteiger charge is -2.16. The molecule has 5 nitrogen and oxygen atoms in total. The summed E-state index contributed by atoms with van der Waals surface area (Å²) < 4.78 is 0. The molecule has 5 heteroatoms. The summed E-state index contributed by atoms with van der Waals surface area (Å²) in [6.07, 6.45) is 5.08. The van der Waals surface area contributed by atoms with Crippen molar-refractivity contribution in [2.45, 2.75) is 39.7 Å². The monoisotopic (exact) mass is 401 g/mol. The normalized spacial score (nSPS) is 10.6. The molecule has 1 aromatic carbocycles. The summed E-state index contributed by atoms with van der Waals surface area (Å²) in [6.45, 7) is 4.40. The fourth-order valence-electron chi connectivity index (χ4n) is 3.19. The first-order valence-electron chi connectivity index (χ1n) is 10.2. The molecule has 0 aliphatic heterocycles. The zero-order chi connectivity index (χ0) is 21.5. The average Bonchev–Trinajstić information content (AvgIpc) is 2.78. The zero-order valence-electron chi connectivity index (χ0n) is 17.8. The molecule has 2 heterocycles. The van der Waals surface area contributed by atoms with Crippen molar-refractivity contribution in [1.29, 1.82) is 0 Å². The van der Waals surface area contributed by atoms with Gasteiger partial charge in [0.1, 0.15) is 0 Å². The number of carbonyl (C=O) groups is 2. The third-order valence-corrected chi connectivity index (χ3v) is 5.10. The Labute approximate surface area is 177 Å². The van der Waals surface area contributed by atoms with Crippen molar-refractivity contribution in [2.75, 3.05) is 7.05 Å². The molecule has 0 spiro atoms. The second kappa shape index (κ2) is 9.92. The molecule has 3 rings (SSSR count). The maximum atomic E-state index is 12.5. The summed E-state index contributed by atoms with van der Waals surface area (Å²) in [5, 5.41) is 0. The molecule has 2 aromatic heterocycles. The molecule has 0 saturated heterocycles. The van der Waals surface area contributed by atoms with Crippen LogP contribution in [0.3, 0.4) is 0 Å². The Hall–Kier alpha value is -3.34. The minimum atomic E-state index is 0.0774. The number of hydrogen-bond acceptors (Lipinski definition) is 4. The average molecular weight is 402 g/mol. The third kappa shape index (κ3) is 5.60.